The summed E-state index contributed by atoms with van der Waals surface area (Å²) in [7, 11) is 3.58. The van der Waals surface area contributed by atoms with Crippen molar-refractivity contribution in [1.29, 1.82) is 5.26 Å². The Hall–Kier alpha value is -3.18. The zero-order chi connectivity index (χ0) is 19.0. The number of allylic oxidation sites excluding steroid dienone is 3. The number of carbonyl (C=O) groups excluding carboxylic acids is 1. The van der Waals surface area contributed by atoms with Crippen LogP contribution in [-0.2, 0) is 4.79 Å². The molecule has 0 bridgehead atoms. The quantitative estimate of drug-likeness (QED) is 0.654. The van der Waals surface area contributed by atoms with Crippen LogP contribution in [0.15, 0.2) is 46.9 Å². The number of nitriles is 1. The number of benzene rings is 1. The number of ketones is 1. The third-order valence-electron chi connectivity index (χ3n) is 4.70. The molecule has 3 rings (SSSR count). The van der Waals surface area contributed by atoms with Crippen LogP contribution < -0.4 is 5.73 Å². The van der Waals surface area contributed by atoms with E-state index >= 15 is 0 Å². The molecule has 1 aromatic rings. The van der Waals surface area contributed by atoms with Gasteiger partial charge in [0.1, 0.15) is 5.82 Å². The van der Waals surface area contributed by atoms with E-state index in [1.807, 2.05) is 0 Å². The van der Waals surface area contributed by atoms with E-state index < -0.39 is 10.8 Å². The molecule has 1 heterocycles. The molecule has 0 fully saturated rings. The fourth-order valence-electron chi connectivity index (χ4n) is 3.68. The third-order valence-corrected chi connectivity index (χ3v) is 4.70. The van der Waals surface area contributed by atoms with Crippen LogP contribution in [0.25, 0.3) is 0 Å². The van der Waals surface area contributed by atoms with Crippen molar-refractivity contribution in [1.82, 2.24) is 10.0 Å². The molecule has 26 heavy (non-hydrogen) atoms. The molecule has 0 amide bonds. The molecule has 1 aromatic carbocycles. The molecule has 0 spiro atoms. The van der Waals surface area contributed by atoms with Gasteiger partial charge in [-0.15, -0.1) is 0 Å². The van der Waals surface area contributed by atoms with Crippen LogP contribution in [0.2, 0.25) is 0 Å². The molecule has 0 radical (unpaired) electrons. The molecule has 0 saturated heterocycles. The zero-order valence-electron chi connectivity index (χ0n) is 14.6. The maximum Gasteiger partial charge on any atom is 0.269 e. The molecular formula is C18H19N5O3. The van der Waals surface area contributed by atoms with Gasteiger partial charge in [-0.25, -0.2) is 5.01 Å². The lowest BCUT2D eigenvalue weighted by Gasteiger charge is -2.42. The highest BCUT2D eigenvalue weighted by atomic mass is 16.6. The van der Waals surface area contributed by atoms with Crippen LogP contribution >= 0.6 is 0 Å². The van der Waals surface area contributed by atoms with E-state index in [1.54, 1.807) is 36.2 Å². The minimum absolute atomic E-state index is 0.0464. The number of hydrogen-bond donors (Lipinski definition) is 1. The van der Waals surface area contributed by atoms with E-state index in [9.17, 15) is 20.2 Å². The van der Waals surface area contributed by atoms with Crippen molar-refractivity contribution in [3.05, 3.63) is 62.6 Å². The molecule has 0 saturated carbocycles. The minimum Gasteiger partial charge on any atom is -0.383 e. The first kappa shape index (κ1) is 17.6. The van der Waals surface area contributed by atoms with E-state index in [2.05, 4.69) is 6.07 Å². The van der Waals surface area contributed by atoms with Crippen molar-refractivity contribution in [3.63, 3.8) is 0 Å². The van der Waals surface area contributed by atoms with Gasteiger partial charge in [-0.1, -0.05) is 12.1 Å². The highest BCUT2D eigenvalue weighted by molar-refractivity contribution is 5.99. The van der Waals surface area contributed by atoms with E-state index in [1.165, 1.54) is 12.1 Å². The van der Waals surface area contributed by atoms with Crippen LogP contribution in [0.5, 0.6) is 0 Å². The fourth-order valence-corrected chi connectivity index (χ4v) is 3.68. The van der Waals surface area contributed by atoms with Gasteiger partial charge < -0.3 is 5.73 Å². The Morgan fingerprint density at radius 2 is 2.12 bits per heavy atom. The summed E-state index contributed by atoms with van der Waals surface area (Å²) in [6, 6.07) is 8.17. The molecule has 0 unspecified atom stereocenters. The maximum atomic E-state index is 12.8. The summed E-state index contributed by atoms with van der Waals surface area (Å²) in [5.74, 6) is -0.476. The first-order valence-corrected chi connectivity index (χ1v) is 8.24. The van der Waals surface area contributed by atoms with Crippen molar-refractivity contribution >= 4 is 11.5 Å². The lowest BCUT2D eigenvalue weighted by Crippen LogP contribution is -2.45. The Bertz CT molecular complexity index is 894. The van der Waals surface area contributed by atoms with Gasteiger partial charge in [-0.2, -0.15) is 5.26 Å². The van der Waals surface area contributed by atoms with Crippen LogP contribution in [0.1, 0.15) is 30.7 Å². The summed E-state index contributed by atoms with van der Waals surface area (Å²) < 4.78 is 0. The lowest BCUT2D eigenvalue weighted by molar-refractivity contribution is -0.384. The molecule has 2 aliphatic rings. The molecular weight excluding hydrogens is 334 g/mol. The van der Waals surface area contributed by atoms with Gasteiger partial charge in [0.25, 0.3) is 5.69 Å². The summed E-state index contributed by atoms with van der Waals surface area (Å²) in [5.41, 5.74) is 8.22. The van der Waals surface area contributed by atoms with Crippen molar-refractivity contribution in [3.8, 4) is 6.07 Å². The summed E-state index contributed by atoms with van der Waals surface area (Å²) in [6.45, 7) is 0. The maximum absolute atomic E-state index is 12.8. The van der Waals surface area contributed by atoms with Gasteiger partial charge in [-0.3, -0.25) is 19.9 Å². The Labute approximate surface area is 150 Å². The smallest absolute Gasteiger partial charge is 0.269 e. The van der Waals surface area contributed by atoms with Crippen LogP contribution in [-0.4, -0.2) is 34.8 Å². The van der Waals surface area contributed by atoms with Gasteiger partial charge in [0.2, 0.25) is 0 Å². The molecule has 8 heteroatoms. The summed E-state index contributed by atoms with van der Waals surface area (Å²) in [5, 5.41) is 24.3. The number of nitrogens with two attached hydrogens (primary N) is 1. The average Bonchev–Trinajstić information content (AvgIpc) is 2.60. The molecule has 1 aliphatic carbocycles. The molecule has 1 atom stereocenters. The van der Waals surface area contributed by atoms with Gasteiger partial charge in [0, 0.05) is 43.9 Å². The summed E-state index contributed by atoms with van der Waals surface area (Å²) in [6.07, 6.45) is 1.76. The van der Waals surface area contributed by atoms with Crippen molar-refractivity contribution < 1.29 is 9.72 Å². The van der Waals surface area contributed by atoms with E-state index in [-0.39, 0.29) is 22.9 Å². The predicted octanol–water partition coefficient (Wildman–Crippen LogP) is 2.17. The Kier molecular flexibility index (Phi) is 4.49. The Morgan fingerprint density at radius 1 is 1.38 bits per heavy atom. The SMILES string of the molecule is CN(C)N1C(N)=C(C#N)[C@@H](c2cccc([N+](=O)[O-])c2)C2=C1CCCC2=O. The van der Waals surface area contributed by atoms with Crippen LogP contribution in [0.4, 0.5) is 5.69 Å². The monoisotopic (exact) mass is 353 g/mol. The third kappa shape index (κ3) is 2.72. The van der Waals surface area contributed by atoms with Crippen molar-refractivity contribution in [2.75, 3.05) is 14.1 Å². The first-order valence-electron chi connectivity index (χ1n) is 8.24. The lowest BCUT2D eigenvalue weighted by atomic mass is 9.76. The average molecular weight is 353 g/mol. The number of rotatable bonds is 3. The number of hydrazine groups is 1. The molecule has 1 aliphatic heterocycles. The molecule has 2 N–H and O–H groups in total. The number of hydrogen-bond acceptors (Lipinski definition) is 7. The summed E-state index contributed by atoms with van der Waals surface area (Å²) >= 11 is 0. The number of nitrogens with zero attached hydrogens (tertiary/aromatic N) is 4. The van der Waals surface area contributed by atoms with E-state index in [4.69, 9.17) is 5.73 Å². The minimum atomic E-state index is -0.682. The second kappa shape index (κ2) is 6.61. The predicted molar refractivity (Wildman–Crippen MR) is 94.1 cm³/mol. The van der Waals surface area contributed by atoms with Gasteiger partial charge in [-0.05, 0) is 18.4 Å². The number of Topliss-reactive ketones (excluding diaryl/α,β-unsaturated/α-hetero) is 1. The van der Waals surface area contributed by atoms with Gasteiger partial charge >= 0.3 is 0 Å². The van der Waals surface area contributed by atoms with E-state index in [0.717, 1.165) is 5.70 Å². The van der Waals surface area contributed by atoms with Crippen molar-refractivity contribution in [2.24, 2.45) is 5.73 Å². The first-order chi connectivity index (χ1) is 12.4. The summed E-state index contributed by atoms with van der Waals surface area (Å²) in [4.78, 5) is 23.4. The van der Waals surface area contributed by atoms with Crippen molar-refractivity contribution in [2.45, 2.75) is 25.2 Å². The highest BCUT2D eigenvalue weighted by Gasteiger charge is 2.40. The van der Waals surface area contributed by atoms with Gasteiger partial charge in [0.15, 0.2) is 5.78 Å². The van der Waals surface area contributed by atoms with Crippen LogP contribution in [0.3, 0.4) is 0 Å². The van der Waals surface area contributed by atoms with Crippen LogP contribution in [0, 0.1) is 21.4 Å². The normalized spacial score (nSPS) is 20.3. The topological polar surface area (TPSA) is 116 Å². The fraction of sp³-hybridized carbons (Fsp3) is 0.333. The second-order valence-electron chi connectivity index (χ2n) is 6.49. The number of non-ortho nitro benzene ring substituents is 1. The second-order valence-corrected chi connectivity index (χ2v) is 6.49. The Balaban J connectivity index is 2.26. The molecule has 134 valence electrons. The zero-order valence-corrected chi connectivity index (χ0v) is 14.6. The van der Waals surface area contributed by atoms with Gasteiger partial charge in [0.05, 0.1) is 22.5 Å². The number of nitro benzene ring substituents is 1. The molecule has 0 aromatic heterocycles. The Morgan fingerprint density at radius 3 is 2.73 bits per heavy atom. The molecule has 8 nitrogen and oxygen atoms in total. The standard InChI is InChI=1S/C18H19N5O3/c1-21(2)22-14-7-4-8-15(24)17(14)16(13(10-19)18(22)20)11-5-3-6-12(9-11)23(25)26/h3,5-6,9,16H,4,7-8,20H2,1-2H3/t16-/m1/s1. The largest absolute Gasteiger partial charge is 0.383 e. The van der Waals surface area contributed by atoms with E-state index in [0.29, 0.717) is 30.4 Å². The number of nitro groups is 1. The number of carbonyl (C=O) groups is 1. The highest BCUT2D eigenvalue weighted by Crippen LogP contribution is 2.45.